The Morgan fingerprint density at radius 2 is 1.24 bits per heavy atom. The van der Waals surface area contributed by atoms with E-state index in [9.17, 15) is 4.79 Å². The number of hydrogen-bond acceptors (Lipinski definition) is 5. The molecule has 0 bridgehead atoms. The monoisotopic (exact) mass is 921 g/mol. The lowest BCUT2D eigenvalue weighted by atomic mass is 9.62. The van der Waals surface area contributed by atoms with Crippen LogP contribution < -0.4 is 20.7 Å². The molecule has 5 atom stereocenters. The van der Waals surface area contributed by atoms with Gasteiger partial charge in [-0.2, -0.15) is 0 Å². The van der Waals surface area contributed by atoms with Crippen LogP contribution in [0.5, 0.6) is 0 Å². The highest BCUT2D eigenvalue weighted by molar-refractivity contribution is 7.00. The number of ether oxygens (including phenoxy) is 2. The fourth-order valence-electron chi connectivity index (χ4n) is 12.1. The Morgan fingerprint density at radius 3 is 1.73 bits per heavy atom. The van der Waals surface area contributed by atoms with Gasteiger partial charge in [0.1, 0.15) is 0 Å². The summed E-state index contributed by atoms with van der Waals surface area (Å²) in [6.07, 6.45) is 12.8. The molecular weight excluding hydrogens is 845 g/mol. The average Bonchev–Trinajstić information content (AvgIpc) is 3.68. The van der Waals surface area contributed by atoms with E-state index >= 15 is 0 Å². The van der Waals surface area contributed by atoms with Crippen LogP contribution in [0.2, 0.25) is 10.1 Å². The summed E-state index contributed by atoms with van der Waals surface area (Å²) in [5.74, 6) is 0.688. The molecule has 350 valence electrons. The van der Waals surface area contributed by atoms with Crippen molar-refractivity contribution in [3.8, 4) is 0 Å². The molecule has 0 heterocycles. The van der Waals surface area contributed by atoms with Crippen LogP contribution in [0.4, 0.5) is 0 Å². The molecule has 0 unspecified atom stereocenters. The molecule has 0 amide bonds. The Labute approximate surface area is 399 Å². The summed E-state index contributed by atoms with van der Waals surface area (Å²) in [5.41, 5.74) is 5.15. The summed E-state index contributed by atoms with van der Waals surface area (Å²) in [4.78, 5) is 11.6. The fraction of sp³-hybridized carbons (Fsp3) is 0.441. The number of benzene rings is 4. The maximum Gasteiger partial charge on any atom is 0.305 e. The number of hydrogen-bond donors (Lipinski definition) is 0. The standard InChI is InChI=1S/C59H76O5Si2/c1-44(43-62-40-24-34-56(60)61-10)53-37-38-54-46(25-23-39-59(53,54)9)35-36-47-41-48(63-65(57(3,4)5,49-26-15-11-16-27-49)50-28-17-12-18-29-50)42-55(45(47)2)64-66(58(6,7)8,51-30-19-13-20-31-51)52-32-21-14-22-33-52/h11-22,26-33,35-36,48,53-55H,1-2,23-25,34,37-43H2,3-10H3/b46-35+,47-36-/t48-,53-,54+,55+,59-/m1/s1. The first kappa shape index (κ1) is 49.5. The van der Waals surface area contributed by atoms with Crippen molar-refractivity contribution in [2.45, 2.75) is 129 Å². The summed E-state index contributed by atoms with van der Waals surface area (Å²) in [6.45, 7) is 27.3. The quantitative estimate of drug-likeness (QED) is 0.0485. The van der Waals surface area contributed by atoms with Crippen LogP contribution >= 0.6 is 0 Å². The van der Waals surface area contributed by atoms with Gasteiger partial charge in [0.25, 0.3) is 16.6 Å². The topological polar surface area (TPSA) is 54.0 Å². The van der Waals surface area contributed by atoms with Gasteiger partial charge in [0.2, 0.25) is 0 Å². The minimum absolute atomic E-state index is 0.113. The Morgan fingerprint density at radius 1 is 0.742 bits per heavy atom. The molecule has 0 saturated heterocycles. The van der Waals surface area contributed by atoms with Gasteiger partial charge < -0.3 is 18.3 Å². The Kier molecular flexibility index (Phi) is 15.7. The molecule has 0 aliphatic heterocycles. The van der Waals surface area contributed by atoms with E-state index in [1.54, 1.807) is 0 Å². The molecule has 0 radical (unpaired) electrons. The van der Waals surface area contributed by atoms with E-state index in [2.05, 4.69) is 189 Å². The zero-order chi connectivity index (χ0) is 47.2. The maximum atomic E-state index is 11.6. The highest BCUT2D eigenvalue weighted by Crippen LogP contribution is 2.59. The van der Waals surface area contributed by atoms with Crippen molar-refractivity contribution in [1.82, 2.24) is 0 Å². The lowest BCUT2D eigenvalue weighted by Gasteiger charge is -2.49. The van der Waals surface area contributed by atoms with E-state index in [1.165, 1.54) is 51.0 Å². The minimum atomic E-state index is -2.97. The van der Waals surface area contributed by atoms with Crippen molar-refractivity contribution in [2.24, 2.45) is 17.3 Å². The molecule has 3 aliphatic carbocycles. The van der Waals surface area contributed by atoms with Crippen LogP contribution in [0.3, 0.4) is 0 Å². The van der Waals surface area contributed by atoms with Crippen molar-refractivity contribution >= 4 is 43.4 Å². The molecule has 4 aromatic carbocycles. The second-order valence-electron chi connectivity index (χ2n) is 21.5. The largest absolute Gasteiger partial charge is 0.469 e. The highest BCUT2D eigenvalue weighted by atomic mass is 28.4. The van der Waals surface area contributed by atoms with Gasteiger partial charge in [-0.15, -0.1) is 0 Å². The minimum Gasteiger partial charge on any atom is -0.469 e. The van der Waals surface area contributed by atoms with Gasteiger partial charge in [-0.3, -0.25) is 4.79 Å². The summed E-state index contributed by atoms with van der Waals surface area (Å²) in [5, 5.41) is 4.74. The lowest BCUT2D eigenvalue weighted by Crippen LogP contribution is -2.69. The predicted octanol–water partition coefficient (Wildman–Crippen LogP) is 11.8. The highest BCUT2D eigenvalue weighted by Gasteiger charge is 2.55. The number of methoxy groups -OCH3 is 1. The van der Waals surface area contributed by atoms with E-state index in [-0.39, 0.29) is 33.7 Å². The van der Waals surface area contributed by atoms with Crippen molar-refractivity contribution < 1.29 is 23.1 Å². The summed E-state index contributed by atoms with van der Waals surface area (Å²) in [7, 11) is -4.46. The van der Waals surface area contributed by atoms with Gasteiger partial charge >= 0.3 is 5.97 Å². The number of fused-ring (bicyclic) bond motifs is 1. The van der Waals surface area contributed by atoms with E-state index in [0.717, 1.165) is 44.1 Å². The van der Waals surface area contributed by atoms with Gasteiger partial charge in [0.15, 0.2) is 0 Å². The van der Waals surface area contributed by atoms with Crippen molar-refractivity contribution in [3.05, 3.63) is 169 Å². The Hall–Kier alpha value is -4.38. The second kappa shape index (κ2) is 20.9. The van der Waals surface area contributed by atoms with Crippen molar-refractivity contribution in [3.63, 3.8) is 0 Å². The second-order valence-corrected chi connectivity index (χ2v) is 30.0. The molecule has 3 saturated carbocycles. The van der Waals surface area contributed by atoms with Crippen LogP contribution in [-0.2, 0) is 23.1 Å². The zero-order valence-corrected chi connectivity index (χ0v) is 43.2. The normalized spacial score (nSPS) is 24.0. The molecule has 7 heteroatoms. The number of carbonyl (C=O) groups excluding carboxylic acids is 1. The van der Waals surface area contributed by atoms with Crippen molar-refractivity contribution in [2.75, 3.05) is 20.3 Å². The summed E-state index contributed by atoms with van der Waals surface area (Å²) in [6, 6.07) is 44.1. The van der Waals surface area contributed by atoms with E-state index in [0.29, 0.717) is 37.9 Å². The van der Waals surface area contributed by atoms with Crippen LogP contribution in [0.1, 0.15) is 106 Å². The zero-order valence-electron chi connectivity index (χ0n) is 41.2. The SMILES string of the molecule is C=C1/C(=C\C=C2/CCC[C@]3(C)[C@@H](C(=C)COCCCC(=O)OC)CC[C@@H]23)C[C@@H](O[Si](c2ccccc2)(c2ccccc2)C(C)(C)C)C[C@@H]1O[Si](c1ccccc1)(c1ccccc1)C(C)(C)C. The first-order valence-electron chi connectivity index (χ1n) is 24.5. The van der Waals surface area contributed by atoms with Crippen molar-refractivity contribution in [1.29, 1.82) is 0 Å². The molecule has 5 nitrogen and oxygen atoms in total. The molecule has 3 fully saturated rings. The van der Waals surface area contributed by atoms with Crippen LogP contribution in [-0.4, -0.2) is 55.1 Å². The lowest BCUT2D eigenvalue weighted by molar-refractivity contribution is -0.141. The molecule has 4 aromatic rings. The predicted molar refractivity (Wildman–Crippen MR) is 279 cm³/mol. The Bertz CT molecular complexity index is 2250. The van der Waals surface area contributed by atoms with Crippen LogP contribution in [0.15, 0.2) is 169 Å². The van der Waals surface area contributed by atoms with Gasteiger partial charge in [-0.1, -0.05) is 201 Å². The van der Waals surface area contributed by atoms with Crippen LogP contribution in [0, 0.1) is 17.3 Å². The number of esters is 1. The number of allylic oxidation sites excluding steroid dienone is 3. The van der Waals surface area contributed by atoms with E-state index in [4.69, 9.17) is 24.9 Å². The molecular formula is C59H76O5Si2. The first-order valence-corrected chi connectivity index (χ1v) is 28.4. The molecule has 3 aliphatic rings. The van der Waals surface area contributed by atoms with Gasteiger partial charge in [-0.05, 0) is 110 Å². The summed E-state index contributed by atoms with van der Waals surface area (Å²) < 4.78 is 27.0. The molecule has 7 rings (SSSR count). The number of carbonyl (C=O) groups is 1. The smallest absolute Gasteiger partial charge is 0.305 e. The third-order valence-corrected chi connectivity index (χ3v) is 25.5. The molecule has 0 spiro atoms. The van der Waals surface area contributed by atoms with E-state index < -0.39 is 16.6 Å². The fourth-order valence-corrected chi connectivity index (χ4v) is 21.5. The summed E-state index contributed by atoms with van der Waals surface area (Å²) >= 11 is 0. The first-order chi connectivity index (χ1) is 31.5. The van der Waals surface area contributed by atoms with Gasteiger partial charge in [0, 0.05) is 19.4 Å². The third-order valence-electron chi connectivity index (χ3n) is 15.4. The van der Waals surface area contributed by atoms with E-state index in [1.807, 2.05) is 0 Å². The van der Waals surface area contributed by atoms with Gasteiger partial charge in [-0.25, -0.2) is 0 Å². The molecule has 0 aromatic heterocycles. The molecule has 66 heavy (non-hydrogen) atoms. The molecule has 0 N–H and O–H groups in total. The van der Waals surface area contributed by atoms with Crippen LogP contribution in [0.25, 0.3) is 0 Å². The average molecular weight is 921 g/mol. The Balaban J connectivity index is 1.28. The number of rotatable bonds is 16. The maximum absolute atomic E-state index is 11.6. The third kappa shape index (κ3) is 10.1. The van der Waals surface area contributed by atoms with Gasteiger partial charge in [0.05, 0.1) is 25.9 Å².